The molecule has 5 nitrogen and oxygen atoms in total. The van der Waals surface area contributed by atoms with Crippen molar-refractivity contribution in [1.29, 1.82) is 0 Å². The minimum absolute atomic E-state index is 0.136. The molecule has 1 aromatic heterocycles. The lowest BCUT2D eigenvalue weighted by Crippen LogP contribution is -2.38. The lowest BCUT2D eigenvalue weighted by molar-refractivity contribution is 0.0194. The van der Waals surface area contributed by atoms with E-state index in [9.17, 15) is 4.79 Å². The van der Waals surface area contributed by atoms with E-state index in [2.05, 4.69) is 24.2 Å². The molecule has 0 N–H and O–H groups in total. The zero-order valence-corrected chi connectivity index (χ0v) is 16.4. The highest BCUT2D eigenvalue weighted by molar-refractivity contribution is 6.07. The van der Waals surface area contributed by atoms with Gasteiger partial charge in [-0.1, -0.05) is 47.6 Å². The van der Waals surface area contributed by atoms with Crippen LogP contribution in [0.3, 0.4) is 0 Å². The average Bonchev–Trinajstić information content (AvgIpc) is 3.14. The number of amides is 1. The van der Waals surface area contributed by atoms with Crippen LogP contribution in [0.4, 0.5) is 5.69 Å². The van der Waals surface area contributed by atoms with Crippen molar-refractivity contribution in [2.75, 3.05) is 4.90 Å². The van der Waals surface area contributed by atoms with E-state index < -0.39 is 0 Å². The number of hydrogen-bond donors (Lipinski definition) is 0. The molecule has 2 heterocycles. The molecule has 0 saturated heterocycles. The third-order valence-electron chi connectivity index (χ3n) is 4.82. The van der Waals surface area contributed by atoms with Gasteiger partial charge in [-0.15, -0.1) is 0 Å². The fraction of sp³-hybridized carbons (Fsp3) is 0.304. The van der Waals surface area contributed by atoms with E-state index >= 15 is 0 Å². The van der Waals surface area contributed by atoms with Gasteiger partial charge >= 0.3 is 0 Å². The molecule has 28 heavy (non-hydrogen) atoms. The molecule has 0 saturated carbocycles. The van der Waals surface area contributed by atoms with Crippen LogP contribution in [0, 0.1) is 0 Å². The van der Waals surface area contributed by atoms with E-state index in [0.717, 1.165) is 17.7 Å². The summed E-state index contributed by atoms with van der Waals surface area (Å²) in [6.45, 7) is 6.77. The number of fused-ring (bicyclic) bond motifs is 1. The van der Waals surface area contributed by atoms with Crippen LogP contribution in [0.25, 0.3) is 11.3 Å². The summed E-state index contributed by atoms with van der Waals surface area (Å²) in [7, 11) is 0. The van der Waals surface area contributed by atoms with E-state index in [1.165, 1.54) is 11.1 Å². The van der Waals surface area contributed by atoms with Crippen LogP contribution < -0.4 is 4.90 Å². The predicted molar refractivity (Wildman–Crippen MR) is 108 cm³/mol. The van der Waals surface area contributed by atoms with Gasteiger partial charge in [-0.2, -0.15) is 0 Å². The molecular weight excluding hydrogens is 352 g/mol. The van der Waals surface area contributed by atoms with Gasteiger partial charge in [-0.25, -0.2) is 0 Å². The normalized spacial score (nSPS) is 13.9. The fourth-order valence-electron chi connectivity index (χ4n) is 3.60. The van der Waals surface area contributed by atoms with Crippen LogP contribution >= 0.6 is 0 Å². The van der Waals surface area contributed by atoms with Gasteiger partial charge in [-0.3, -0.25) is 4.79 Å². The number of carbonyl (C=O) groups excluding carboxylic acids is 1. The third kappa shape index (κ3) is 3.71. The number of rotatable bonds is 6. The standard InChI is InChI=1S/C23H24N2O3/c1-15(2)27-16(3)11-17-9-10-21-19(12-17)14-25(21)23(26)20-13-22(28-24-20)18-7-5-4-6-8-18/h4-10,12-13,15-16H,11,14H2,1-3H3. The minimum atomic E-state index is -0.136. The summed E-state index contributed by atoms with van der Waals surface area (Å²) in [5.41, 5.74) is 4.57. The minimum Gasteiger partial charge on any atom is -0.376 e. The number of nitrogens with zero attached hydrogens (tertiary/aromatic N) is 2. The second-order valence-corrected chi connectivity index (χ2v) is 7.50. The Morgan fingerprint density at radius 2 is 1.93 bits per heavy atom. The number of anilines is 1. The van der Waals surface area contributed by atoms with E-state index in [1.54, 1.807) is 11.0 Å². The van der Waals surface area contributed by atoms with E-state index in [4.69, 9.17) is 9.26 Å². The van der Waals surface area contributed by atoms with Gasteiger partial charge in [0.25, 0.3) is 5.91 Å². The summed E-state index contributed by atoms with van der Waals surface area (Å²) < 4.78 is 11.2. The van der Waals surface area contributed by atoms with Crippen LogP contribution in [0.5, 0.6) is 0 Å². The van der Waals surface area contributed by atoms with Crippen molar-refractivity contribution in [3.05, 3.63) is 71.4 Å². The Morgan fingerprint density at radius 1 is 1.14 bits per heavy atom. The molecule has 1 aliphatic heterocycles. The number of benzene rings is 2. The maximum Gasteiger partial charge on any atom is 0.280 e. The highest BCUT2D eigenvalue weighted by Crippen LogP contribution is 2.35. The second kappa shape index (κ2) is 7.60. The van der Waals surface area contributed by atoms with Crippen molar-refractivity contribution in [1.82, 2.24) is 5.16 Å². The number of hydrogen-bond acceptors (Lipinski definition) is 4. The lowest BCUT2D eigenvalue weighted by Gasteiger charge is -2.34. The Hall–Kier alpha value is -2.92. The Bertz CT molecular complexity index is 979. The zero-order valence-electron chi connectivity index (χ0n) is 16.4. The molecule has 1 aliphatic rings. The first-order valence-electron chi connectivity index (χ1n) is 9.62. The van der Waals surface area contributed by atoms with Gasteiger partial charge in [0.2, 0.25) is 0 Å². The maximum atomic E-state index is 12.8. The van der Waals surface area contributed by atoms with E-state index in [-0.39, 0.29) is 18.1 Å². The molecule has 0 aliphatic carbocycles. The maximum absolute atomic E-state index is 12.8. The molecule has 0 bridgehead atoms. The average molecular weight is 376 g/mol. The first-order valence-corrected chi connectivity index (χ1v) is 9.62. The quantitative estimate of drug-likeness (QED) is 0.617. The fourth-order valence-corrected chi connectivity index (χ4v) is 3.60. The van der Waals surface area contributed by atoms with Crippen molar-refractivity contribution < 1.29 is 14.1 Å². The van der Waals surface area contributed by atoms with Crippen LogP contribution in [0.1, 0.15) is 42.4 Å². The molecule has 1 atom stereocenters. The van der Waals surface area contributed by atoms with Crippen LogP contribution in [-0.2, 0) is 17.7 Å². The van der Waals surface area contributed by atoms with Crippen molar-refractivity contribution in [2.24, 2.45) is 0 Å². The van der Waals surface area contributed by atoms with Gasteiger partial charge in [0.1, 0.15) is 0 Å². The highest BCUT2D eigenvalue weighted by Gasteiger charge is 2.31. The first-order chi connectivity index (χ1) is 13.5. The van der Waals surface area contributed by atoms with E-state index in [1.807, 2.05) is 50.2 Å². The Labute approximate surface area is 164 Å². The molecule has 1 unspecified atom stereocenters. The molecule has 4 rings (SSSR count). The summed E-state index contributed by atoms with van der Waals surface area (Å²) >= 11 is 0. The molecular formula is C23H24N2O3. The molecule has 0 spiro atoms. The number of aromatic nitrogens is 1. The topological polar surface area (TPSA) is 55.6 Å². The Morgan fingerprint density at radius 3 is 2.64 bits per heavy atom. The molecule has 0 fully saturated rings. The molecule has 2 aromatic carbocycles. The molecule has 0 radical (unpaired) electrons. The smallest absolute Gasteiger partial charge is 0.280 e. The van der Waals surface area contributed by atoms with Crippen LogP contribution in [0.15, 0.2) is 59.1 Å². The molecule has 144 valence electrons. The summed E-state index contributed by atoms with van der Waals surface area (Å²) in [5, 5.41) is 3.97. The zero-order chi connectivity index (χ0) is 19.7. The third-order valence-corrected chi connectivity index (χ3v) is 4.82. The SMILES string of the molecule is CC(C)OC(C)Cc1ccc2c(c1)CN2C(=O)c1cc(-c2ccccc2)on1. The summed E-state index contributed by atoms with van der Waals surface area (Å²) in [6.07, 6.45) is 1.25. The van der Waals surface area contributed by atoms with Gasteiger partial charge in [0.15, 0.2) is 11.5 Å². The number of carbonyl (C=O) groups is 1. The van der Waals surface area contributed by atoms with Crippen molar-refractivity contribution in [3.63, 3.8) is 0 Å². The van der Waals surface area contributed by atoms with Gasteiger partial charge in [0.05, 0.1) is 18.8 Å². The first kappa shape index (κ1) is 18.4. The van der Waals surface area contributed by atoms with Crippen molar-refractivity contribution >= 4 is 11.6 Å². The largest absolute Gasteiger partial charge is 0.376 e. The lowest BCUT2D eigenvalue weighted by atomic mass is 9.97. The molecule has 3 aromatic rings. The van der Waals surface area contributed by atoms with Crippen LogP contribution in [-0.4, -0.2) is 23.3 Å². The summed E-state index contributed by atoms with van der Waals surface area (Å²) in [6, 6.07) is 17.6. The van der Waals surface area contributed by atoms with Crippen molar-refractivity contribution in [2.45, 2.75) is 45.9 Å². The Kier molecular flexibility index (Phi) is 5.01. The van der Waals surface area contributed by atoms with Gasteiger partial charge in [-0.05, 0) is 44.4 Å². The molecule has 5 heteroatoms. The van der Waals surface area contributed by atoms with E-state index in [0.29, 0.717) is 18.0 Å². The molecule has 1 amide bonds. The monoisotopic (exact) mass is 376 g/mol. The highest BCUT2D eigenvalue weighted by atomic mass is 16.5. The second-order valence-electron chi connectivity index (χ2n) is 7.50. The van der Waals surface area contributed by atoms with Crippen LogP contribution in [0.2, 0.25) is 0 Å². The summed E-state index contributed by atoms with van der Waals surface area (Å²) in [4.78, 5) is 14.5. The Balaban J connectivity index is 1.45. The van der Waals surface area contributed by atoms with Gasteiger partial charge < -0.3 is 14.2 Å². The van der Waals surface area contributed by atoms with Gasteiger partial charge in [0, 0.05) is 17.3 Å². The van der Waals surface area contributed by atoms with Crippen molar-refractivity contribution in [3.8, 4) is 11.3 Å². The number of ether oxygens (including phenoxy) is 1. The summed E-state index contributed by atoms with van der Waals surface area (Å²) in [5.74, 6) is 0.460. The predicted octanol–water partition coefficient (Wildman–Crippen LogP) is 4.86.